The van der Waals surface area contributed by atoms with Crippen LogP contribution in [0, 0.1) is 17.8 Å². The normalized spacial score (nSPS) is 31.3. The van der Waals surface area contributed by atoms with Crippen LogP contribution in [0.15, 0.2) is 16.5 Å². The molecule has 0 saturated heterocycles. The fourth-order valence-corrected chi connectivity index (χ4v) is 3.80. The summed E-state index contributed by atoms with van der Waals surface area (Å²) in [6.45, 7) is 3.74. The Bertz CT molecular complexity index is 391. The number of rotatable bonds is 6. The van der Waals surface area contributed by atoms with Crippen LogP contribution >= 0.6 is 0 Å². The van der Waals surface area contributed by atoms with Crippen molar-refractivity contribution in [3.05, 3.63) is 23.7 Å². The molecule has 0 spiro atoms. The van der Waals surface area contributed by atoms with Crippen molar-refractivity contribution in [1.29, 1.82) is 0 Å². The Balaban J connectivity index is 1.72. The third-order valence-corrected chi connectivity index (χ3v) is 4.56. The van der Waals surface area contributed by atoms with Crippen molar-refractivity contribution in [3.63, 3.8) is 0 Å². The van der Waals surface area contributed by atoms with E-state index in [1.54, 1.807) is 7.11 Å². The van der Waals surface area contributed by atoms with Crippen molar-refractivity contribution in [2.24, 2.45) is 17.8 Å². The number of ether oxygens (including phenoxy) is 1. The van der Waals surface area contributed by atoms with Gasteiger partial charge in [0.1, 0.15) is 18.1 Å². The Morgan fingerprint density at radius 1 is 1.39 bits per heavy atom. The maximum absolute atomic E-state index is 5.92. The molecule has 3 atom stereocenters. The maximum atomic E-state index is 5.92. The molecule has 0 aliphatic heterocycles. The van der Waals surface area contributed by atoms with Crippen LogP contribution in [0.5, 0.6) is 0 Å². The quantitative estimate of drug-likeness (QED) is 0.841. The molecule has 1 aromatic rings. The summed E-state index contributed by atoms with van der Waals surface area (Å²) in [6.07, 6.45) is 4.27. The van der Waals surface area contributed by atoms with Gasteiger partial charge in [0.25, 0.3) is 0 Å². The van der Waals surface area contributed by atoms with Gasteiger partial charge in [-0.15, -0.1) is 0 Å². The van der Waals surface area contributed by atoms with E-state index < -0.39 is 0 Å². The first-order chi connectivity index (χ1) is 8.85. The van der Waals surface area contributed by atoms with Gasteiger partial charge >= 0.3 is 0 Å². The monoisotopic (exact) mass is 249 g/mol. The average molecular weight is 249 g/mol. The van der Waals surface area contributed by atoms with Gasteiger partial charge in [-0.25, -0.2) is 0 Å². The number of fused-ring (bicyclic) bond motifs is 1. The molecule has 0 bridgehead atoms. The molecular weight excluding hydrogens is 226 g/mol. The predicted octanol–water partition coefficient (Wildman–Crippen LogP) is 3.12. The highest BCUT2D eigenvalue weighted by molar-refractivity contribution is 5.17. The van der Waals surface area contributed by atoms with Gasteiger partial charge in [0.2, 0.25) is 0 Å². The number of methoxy groups -OCH3 is 1. The lowest BCUT2D eigenvalue weighted by Gasteiger charge is -2.17. The summed E-state index contributed by atoms with van der Waals surface area (Å²) in [7, 11) is 1.70. The SMILES string of the molecule is CCNC(c1ccc(COC)o1)C1C2CCCC21. The van der Waals surface area contributed by atoms with Crippen molar-refractivity contribution >= 4 is 0 Å². The number of hydrogen-bond acceptors (Lipinski definition) is 3. The van der Waals surface area contributed by atoms with Gasteiger partial charge < -0.3 is 14.5 Å². The summed E-state index contributed by atoms with van der Waals surface area (Å²) in [5.74, 6) is 4.74. The Hall–Kier alpha value is -0.800. The smallest absolute Gasteiger partial charge is 0.129 e. The van der Waals surface area contributed by atoms with Crippen LogP contribution < -0.4 is 5.32 Å². The summed E-state index contributed by atoms with van der Waals surface area (Å²) in [4.78, 5) is 0. The van der Waals surface area contributed by atoms with Crippen LogP contribution in [0.2, 0.25) is 0 Å². The van der Waals surface area contributed by atoms with Crippen molar-refractivity contribution < 1.29 is 9.15 Å². The molecule has 3 heteroatoms. The lowest BCUT2D eigenvalue weighted by Crippen LogP contribution is -2.24. The second-order valence-corrected chi connectivity index (χ2v) is 5.61. The molecule has 3 unspecified atom stereocenters. The number of furan rings is 1. The molecular formula is C15H23NO2. The van der Waals surface area contributed by atoms with E-state index in [0.29, 0.717) is 12.6 Å². The number of hydrogen-bond donors (Lipinski definition) is 1. The van der Waals surface area contributed by atoms with Gasteiger partial charge in [-0.1, -0.05) is 13.3 Å². The van der Waals surface area contributed by atoms with Crippen molar-refractivity contribution in [3.8, 4) is 0 Å². The zero-order chi connectivity index (χ0) is 12.5. The molecule has 2 aliphatic carbocycles. The minimum Gasteiger partial charge on any atom is -0.462 e. The minimum absolute atomic E-state index is 0.413. The van der Waals surface area contributed by atoms with Crippen molar-refractivity contribution in [1.82, 2.24) is 5.32 Å². The Labute approximate surface area is 109 Å². The van der Waals surface area contributed by atoms with E-state index in [-0.39, 0.29) is 0 Å². The zero-order valence-electron chi connectivity index (χ0n) is 11.3. The zero-order valence-corrected chi connectivity index (χ0v) is 11.3. The Kier molecular flexibility index (Phi) is 3.44. The third-order valence-electron chi connectivity index (χ3n) is 4.56. The van der Waals surface area contributed by atoms with Crippen molar-refractivity contribution in [2.75, 3.05) is 13.7 Å². The molecule has 2 fully saturated rings. The largest absolute Gasteiger partial charge is 0.462 e. The van der Waals surface area contributed by atoms with Crippen LogP contribution in [0.3, 0.4) is 0 Å². The van der Waals surface area contributed by atoms with E-state index in [0.717, 1.165) is 35.8 Å². The van der Waals surface area contributed by atoms with E-state index >= 15 is 0 Å². The summed E-state index contributed by atoms with van der Waals surface area (Å²) in [5, 5.41) is 3.61. The summed E-state index contributed by atoms with van der Waals surface area (Å²) < 4.78 is 11.0. The predicted molar refractivity (Wildman–Crippen MR) is 70.2 cm³/mol. The molecule has 0 radical (unpaired) electrons. The molecule has 1 aromatic heterocycles. The average Bonchev–Trinajstić information content (AvgIpc) is 2.77. The summed E-state index contributed by atoms with van der Waals surface area (Å²) in [6, 6.07) is 4.58. The lowest BCUT2D eigenvalue weighted by atomic mass is 10.0. The van der Waals surface area contributed by atoms with Crippen molar-refractivity contribution in [2.45, 2.75) is 38.8 Å². The molecule has 1 N–H and O–H groups in total. The topological polar surface area (TPSA) is 34.4 Å². The van der Waals surface area contributed by atoms with Gasteiger partial charge in [-0.3, -0.25) is 0 Å². The molecule has 3 rings (SSSR count). The van der Waals surface area contributed by atoms with Crippen LogP contribution in [0.4, 0.5) is 0 Å². The maximum Gasteiger partial charge on any atom is 0.129 e. The third kappa shape index (κ3) is 2.10. The minimum atomic E-state index is 0.413. The first kappa shape index (κ1) is 12.2. The van der Waals surface area contributed by atoms with E-state index in [1.807, 2.05) is 6.07 Å². The highest BCUT2D eigenvalue weighted by Crippen LogP contribution is 2.62. The number of nitrogens with one attached hydrogen (secondary N) is 1. The van der Waals surface area contributed by atoms with Crippen LogP contribution in [-0.2, 0) is 11.3 Å². The second-order valence-electron chi connectivity index (χ2n) is 5.61. The van der Waals surface area contributed by atoms with Gasteiger partial charge in [-0.2, -0.15) is 0 Å². The Morgan fingerprint density at radius 2 is 2.17 bits per heavy atom. The standard InChI is InChI=1S/C15H23NO2/c1-3-16-15(14-11-5-4-6-12(11)14)13-8-7-10(18-13)9-17-2/h7-8,11-12,14-16H,3-6,9H2,1-2H3. The van der Waals surface area contributed by atoms with Crippen LogP contribution in [0.1, 0.15) is 43.7 Å². The molecule has 0 amide bonds. The van der Waals surface area contributed by atoms with Gasteiger partial charge in [-0.05, 0) is 49.3 Å². The van der Waals surface area contributed by atoms with E-state index in [2.05, 4.69) is 18.3 Å². The molecule has 18 heavy (non-hydrogen) atoms. The highest BCUT2D eigenvalue weighted by Gasteiger charge is 2.56. The lowest BCUT2D eigenvalue weighted by molar-refractivity contribution is 0.160. The summed E-state index contributed by atoms with van der Waals surface area (Å²) >= 11 is 0. The van der Waals surface area contributed by atoms with E-state index in [9.17, 15) is 0 Å². The fourth-order valence-electron chi connectivity index (χ4n) is 3.80. The molecule has 2 saturated carbocycles. The second kappa shape index (κ2) is 5.06. The Morgan fingerprint density at radius 3 is 2.83 bits per heavy atom. The van der Waals surface area contributed by atoms with E-state index in [1.165, 1.54) is 19.3 Å². The first-order valence-corrected chi connectivity index (χ1v) is 7.16. The molecule has 0 aromatic carbocycles. The highest BCUT2D eigenvalue weighted by atomic mass is 16.5. The molecule has 2 aliphatic rings. The first-order valence-electron chi connectivity index (χ1n) is 7.16. The van der Waals surface area contributed by atoms with E-state index in [4.69, 9.17) is 9.15 Å². The molecule has 100 valence electrons. The van der Waals surface area contributed by atoms with Crippen LogP contribution in [-0.4, -0.2) is 13.7 Å². The summed E-state index contributed by atoms with van der Waals surface area (Å²) in [5.41, 5.74) is 0. The van der Waals surface area contributed by atoms with Gasteiger partial charge in [0, 0.05) is 7.11 Å². The fraction of sp³-hybridized carbons (Fsp3) is 0.733. The van der Waals surface area contributed by atoms with Gasteiger partial charge in [0.05, 0.1) is 6.04 Å². The molecule has 3 nitrogen and oxygen atoms in total. The van der Waals surface area contributed by atoms with Crippen LogP contribution in [0.25, 0.3) is 0 Å². The van der Waals surface area contributed by atoms with Gasteiger partial charge in [0.15, 0.2) is 0 Å². The molecule has 1 heterocycles.